The summed E-state index contributed by atoms with van der Waals surface area (Å²) in [5.74, 6) is -1.72. The Labute approximate surface area is 321 Å². The molecule has 0 fully saturated rings. The number of hydrogen-bond acceptors (Lipinski definition) is 9. The van der Waals surface area contributed by atoms with Crippen molar-refractivity contribution in [2.24, 2.45) is 5.73 Å². The van der Waals surface area contributed by atoms with E-state index in [1.54, 1.807) is 75.5 Å². The van der Waals surface area contributed by atoms with E-state index in [-0.39, 0.29) is 24.0 Å². The Balaban J connectivity index is 0.000000341. The quantitative estimate of drug-likeness (QED) is 0.0703. The number of para-hydroxylation sites is 1. The fraction of sp³-hybridized carbons (Fsp3) is 0.229. The van der Waals surface area contributed by atoms with Crippen LogP contribution in [0.5, 0.6) is 0 Å². The van der Waals surface area contributed by atoms with Gasteiger partial charge in [0.15, 0.2) is 0 Å². The number of carbonyl (C=O) groups is 3. The highest BCUT2D eigenvalue weighted by molar-refractivity contribution is 9.10. The van der Waals surface area contributed by atoms with Gasteiger partial charge in [0.2, 0.25) is 5.76 Å². The molecule has 3 heterocycles. The number of nitrogens with two attached hydrogens (primary N) is 1. The Hall–Kier alpha value is -3.98. The molecule has 5 N–H and O–H groups in total. The molecule has 11 nitrogen and oxygen atoms in total. The number of hydrogen-bond donors (Lipinski definition) is 4. The van der Waals surface area contributed by atoms with E-state index in [1.165, 1.54) is 0 Å². The molecule has 5 rings (SSSR count). The van der Waals surface area contributed by atoms with Crippen molar-refractivity contribution >= 4 is 93.3 Å². The first kappa shape index (κ1) is 45.0. The maximum Gasteiger partial charge on any atom is 0.374 e. The Bertz CT molecular complexity index is 1910. The number of aromatic nitrogens is 2. The van der Waals surface area contributed by atoms with Crippen LogP contribution in [0.1, 0.15) is 69.0 Å². The number of rotatable bonds is 8. The summed E-state index contributed by atoms with van der Waals surface area (Å²) in [4.78, 5) is 41.1. The third kappa shape index (κ3) is 13.9. The molecule has 0 bridgehead atoms. The van der Waals surface area contributed by atoms with Crippen LogP contribution in [-0.4, -0.2) is 57.2 Å². The highest BCUT2D eigenvalue weighted by Crippen LogP contribution is 2.22. The van der Waals surface area contributed by atoms with E-state index in [2.05, 4.69) is 25.9 Å². The minimum atomic E-state index is -0.894. The van der Waals surface area contributed by atoms with E-state index in [1.807, 2.05) is 25.1 Å². The summed E-state index contributed by atoms with van der Waals surface area (Å²) in [6.45, 7) is 7.69. The Morgan fingerprint density at radius 3 is 2.29 bits per heavy atom. The monoisotopic (exact) mass is 822 g/mol. The normalized spacial score (nSPS) is 10.5. The summed E-state index contributed by atoms with van der Waals surface area (Å²) < 4.78 is 10.6. The zero-order valence-corrected chi connectivity index (χ0v) is 32.0. The summed E-state index contributed by atoms with van der Waals surface area (Å²) in [6, 6.07) is 19.1. The molecule has 0 saturated heterocycles. The molecule has 1 unspecified atom stereocenters. The van der Waals surface area contributed by atoms with Gasteiger partial charge in [0.05, 0.1) is 40.2 Å². The highest BCUT2D eigenvalue weighted by atomic mass is 79.9. The second kappa shape index (κ2) is 22.8. The maximum absolute atomic E-state index is 11.2. The van der Waals surface area contributed by atoms with Crippen molar-refractivity contribution in [2.45, 2.75) is 46.0 Å². The lowest BCUT2D eigenvalue weighted by Crippen LogP contribution is -2.16. The molecule has 0 aliphatic carbocycles. The number of pyridine rings is 2. The fourth-order valence-corrected chi connectivity index (χ4v) is 4.96. The molecular formula is C35H37BBrCl3N3O8. The summed E-state index contributed by atoms with van der Waals surface area (Å²) in [5, 5.41) is 27.9. The second-order valence-corrected chi connectivity index (χ2v) is 11.9. The second-order valence-electron chi connectivity index (χ2n) is 10.3. The molecule has 0 spiro atoms. The Kier molecular flexibility index (Phi) is 20.1. The van der Waals surface area contributed by atoms with Crippen molar-refractivity contribution in [1.82, 2.24) is 9.97 Å². The number of halogens is 4. The summed E-state index contributed by atoms with van der Waals surface area (Å²) in [6.07, 6.45) is 1.67. The molecular weight excluding hydrogens is 787 g/mol. The van der Waals surface area contributed by atoms with Crippen LogP contribution in [0.15, 0.2) is 81.8 Å². The number of carboxylic acid groups (broad SMARTS) is 2. The van der Waals surface area contributed by atoms with Gasteiger partial charge in [-0.05, 0) is 79.0 Å². The standard InChI is InChI=1S/C12H11NO2.C9H10BO3.C8H9ClO3.C6H6BrClN2.ClH/c1-7-8(2)13-10-6-4-3-5-9(10)11(7)12(14)15;1-6(9(11)12)7-3-2-4-8(5-7)10-13;1-2-11-8(10)7-4-3-6(5-9)12-7;7-4-1-5(8)6(2-9)10-3-4;/h3-6H,1-2H3,(H,14,15);2-6,13H,1H3,(H,11,12);3-4H,2,5H2,1H3;1,3H,2,9H2;1H. The number of furan rings is 1. The van der Waals surface area contributed by atoms with Gasteiger partial charge >= 0.3 is 25.4 Å². The van der Waals surface area contributed by atoms with E-state index in [0.717, 1.165) is 34.4 Å². The number of fused-ring (bicyclic) bond motifs is 1. The minimum Gasteiger partial charge on any atom is -0.481 e. The van der Waals surface area contributed by atoms with Gasteiger partial charge in [-0.2, -0.15) is 0 Å². The average Bonchev–Trinajstić information content (AvgIpc) is 3.59. The molecule has 3 aromatic heterocycles. The number of aromatic carboxylic acids is 1. The van der Waals surface area contributed by atoms with Crippen molar-refractivity contribution in [3.63, 3.8) is 0 Å². The van der Waals surface area contributed by atoms with Crippen molar-refractivity contribution in [2.75, 3.05) is 6.61 Å². The Morgan fingerprint density at radius 2 is 1.75 bits per heavy atom. The van der Waals surface area contributed by atoms with E-state index in [4.69, 9.17) is 53.3 Å². The predicted octanol–water partition coefficient (Wildman–Crippen LogP) is 7.23. The number of alkyl halides is 1. The fourth-order valence-electron chi connectivity index (χ4n) is 4.11. The highest BCUT2D eigenvalue weighted by Gasteiger charge is 2.15. The number of nitrogens with zero attached hydrogens (tertiary/aromatic N) is 2. The molecule has 1 radical (unpaired) electrons. The number of aryl methyl sites for hydroxylation is 1. The number of carbonyl (C=O) groups excluding carboxylic acids is 1. The van der Waals surface area contributed by atoms with Gasteiger partial charge in [-0.1, -0.05) is 59.5 Å². The molecule has 5 aromatic rings. The Morgan fingerprint density at radius 1 is 1.06 bits per heavy atom. The lowest BCUT2D eigenvalue weighted by molar-refractivity contribution is -0.138. The third-order valence-corrected chi connectivity index (χ3v) is 7.89. The first-order chi connectivity index (χ1) is 23.8. The van der Waals surface area contributed by atoms with Crippen molar-refractivity contribution < 1.29 is 38.8 Å². The van der Waals surface area contributed by atoms with E-state index in [0.29, 0.717) is 45.9 Å². The lowest BCUT2D eigenvalue weighted by Gasteiger charge is -2.08. The zero-order valence-electron chi connectivity index (χ0n) is 28.1. The zero-order chi connectivity index (χ0) is 37.4. The molecule has 271 valence electrons. The van der Waals surface area contributed by atoms with Crippen LogP contribution in [0, 0.1) is 13.8 Å². The largest absolute Gasteiger partial charge is 0.481 e. The van der Waals surface area contributed by atoms with Crippen LogP contribution in [0.25, 0.3) is 10.9 Å². The van der Waals surface area contributed by atoms with Crippen molar-refractivity contribution in [3.8, 4) is 0 Å². The lowest BCUT2D eigenvalue weighted by atomic mass is 9.85. The minimum absolute atomic E-state index is 0. The average molecular weight is 825 g/mol. The van der Waals surface area contributed by atoms with Gasteiger partial charge in [-0.25, -0.2) is 9.59 Å². The number of ether oxygens (including phenoxy) is 1. The van der Waals surface area contributed by atoms with Crippen molar-refractivity contribution in [1.29, 1.82) is 0 Å². The van der Waals surface area contributed by atoms with Crippen LogP contribution in [0.3, 0.4) is 0 Å². The molecule has 16 heteroatoms. The van der Waals surface area contributed by atoms with E-state index < -0.39 is 23.8 Å². The van der Waals surface area contributed by atoms with Crippen LogP contribution < -0.4 is 11.2 Å². The first-order valence-corrected chi connectivity index (χ1v) is 16.7. The summed E-state index contributed by atoms with van der Waals surface area (Å²) >= 11 is 14.5. The predicted molar refractivity (Wildman–Crippen MR) is 205 cm³/mol. The van der Waals surface area contributed by atoms with Gasteiger partial charge in [0.1, 0.15) is 5.76 Å². The van der Waals surface area contributed by atoms with Gasteiger partial charge in [-0.3, -0.25) is 14.8 Å². The van der Waals surface area contributed by atoms with Crippen LogP contribution in [0.4, 0.5) is 0 Å². The van der Waals surface area contributed by atoms with E-state index >= 15 is 0 Å². The van der Waals surface area contributed by atoms with Crippen LogP contribution in [-0.2, 0) is 22.0 Å². The van der Waals surface area contributed by atoms with Gasteiger partial charge in [-0.15, -0.1) is 24.0 Å². The van der Waals surface area contributed by atoms with Crippen LogP contribution in [0.2, 0.25) is 5.02 Å². The molecule has 51 heavy (non-hydrogen) atoms. The number of aliphatic carboxylic acids is 1. The molecule has 2 aromatic carbocycles. The molecule has 0 aliphatic rings. The summed E-state index contributed by atoms with van der Waals surface area (Å²) in [7, 11) is 0.956. The third-order valence-electron chi connectivity index (χ3n) is 6.87. The molecule has 0 saturated carbocycles. The molecule has 1 atom stereocenters. The summed E-state index contributed by atoms with van der Waals surface area (Å²) in [5.41, 5.74) is 9.97. The topological polar surface area (TPSA) is 186 Å². The molecule has 0 amide bonds. The first-order valence-electron chi connectivity index (χ1n) is 15.0. The van der Waals surface area contributed by atoms with Gasteiger partial charge < -0.3 is 30.1 Å². The SMILES string of the molecule is CC(C(=O)O)c1cccc([B]O)c1.CCOC(=O)c1ccc(CCl)o1.Cc1nc2ccccc2c(C(=O)O)c1C.Cl.NCc1ncc(Br)cc1Cl. The van der Waals surface area contributed by atoms with Gasteiger partial charge in [0.25, 0.3) is 0 Å². The van der Waals surface area contributed by atoms with Crippen molar-refractivity contribution in [3.05, 3.63) is 122 Å². The number of benzene rings is 2. The van der Waals surface area contributed by atoms with Gasteiger partial charge in [0, 0.05) is 28.3 Å². The smallest absolute Gasteiger partial charge is 0.374 e. The number of carboxylic acids is 2. The van der Waals surface area contributed by atoms with Crippen LogP contribution >= 0.6 is 51.5 Å². The molecule has 0 aliphatic heterocycles. The van der Waals surface area contributed by atoms with E-state index in [9.17, 15) is 14.4 Å². The maximum atomic E-state index is 11.2. The number of esters is 1.